The Bertz CT molecular complexity index is 974. The van der Waals surface area contributed by atoms with Gasteiger partial charge in [-0.15, -0.1) is 10.2 Å². The van der Waals surface area contributed by atoms with Crippen LogP contribution in [0.3, 0.4) is 0 Å². The highest BCUT2D eigenvalue weighted by Gasteiger charge is 2.30. The zero-order chi connectivity index (χ0) is 20.5. The van der Waals surface area contributed by atoms with Crippen molar-refractivity contribution in [2.45, 2.75) is 45.2 Å². The second-order valence-corrected chi connectivity index (χ2v) is 7.17. The number of hydrogen-bond donors (Lipinski definition) is 0. The first-order chi connectivity index (χ1) is 13.2. The normalized spacial score (nSPS) is 11.9. The van der Waals surface area contributed by atoms with Crippen LogP contribution in [-0.4, -0.2) is 37.0 Å². The topological polar surface area (TPSA) is 65.8 Å². The Balaban J connectivity index is 1.76. The van der Waals surface area contributed by atoms with Crippen LogP contribution in [0.5, 0.6) is 0 Å². The molecule has 0 N–H and O–H groups in total. The quantitative estimate of drug-likeness (QED) is 0.422. The highest BCUT2D eigenvalue weighted by Crippen LogP contribution is 2.27. The number of Topliss-reactive ketones (excluding diaryl/α,β-unsaturated/α-hetero) is 1. The van der Waals surface area contributed by atoms with E-state index in [9.17, 15) is 18.0 Å². The molecule has 0 amide bonds. The van der Waals surface area contributed by atoms with E-state index in [1.165, 1.54) is 31.0 Å². The molecule has 0 spiro atoms. The number of thioether (sulfide) groups is 1. The van der Waals surface area contributed by atoms with E-state index in [2.05, 4.69) is 10.2 Å². The summed E-state index contributed by atoms with van der Waals surface area (Å²) in [5, 5.41) is 8.77. The number of alkyl halides is 3. The number of rotatable bonds is 7. The van der Waals surface area contributed by atoms with Crippen LogP contribution in [0.15, 0.2) is 34.0 Å². The molecule has 3 heterocycles. The molecule has 0 atom stereocenters. The average molecular weight is 412 g/mol. The smallest absolute Gasteiger partial charge is 0.406 e. The summed E-state index contributed by atoms with van der Waals surface area (Å²) in [6.45, 7) is 4.49. The summed E-state index contributed by atoms with van der Waals surface area (Å²) in [6.07, 6.45) is -2.81. The third-order valence-corrected chi connectivity index (χ3v) is 5.29. The van der Waals surface area contributed by atoms with E-state index in [0.29, 0.717) is 40.2 Å². The van der Waals surface area contributed by atoms with E-state index in [0.717, 1.165) is 4.57 Å². The van der Waals surface area contributed by atoms with Crippen LogP contribution in [-0.2, 0) is 13.1 Å². The molecule has 0 saturated carbocycles. The van der Waals surface area contributed by atoms with Gasteiger partial charge >= 0.3 is 6.18 Å². The minimum absolute atomic E-state index is 0.0482. The first-order valence-corrected chi connectivity index (χ1v) is 9.56. The van der Waals surface area contributed by atoms with Gasteiger partial charge in [0.15, 0.2) is 22.5 Å². The zero-order valence-corrected chi connectivity index (χ0v) is 16.4. The van der Waals surface area contributed by atoms with Crippen LogP contribution in [0.2, 0.25) is 0 Å². The Morgan fingerprint density at radius 1 is 1.25 bits per heavy atom. The molecule has 0 radical (unpaired) electrons. The van der Waals surface area contributed by atoms with Crippen LogP contribution >= 0.6 is 11.8 Å². The Labute approximate surface area is 163 Å². The van der Waals surface area contributed by atoms with E-state index in [1.807, 2.05) is 11.5 Å². The summed E-state index contributed by atoms with van der Waals surface area (Å²) in [7, 11) is 0. The van der Waals surface area contributed by atoms with Crippen LogP contribution in [0, 0.1) is 13.8 Å². The minimum Gasteiger partial charge on any atom is -0.461 e. The van der Waals surface area contributed by atoms with Crippen LogP contribution in [0.1, 0.15) is 28.7 Å². The fraction of sp³-hybridized carbons (Fsp3) is 0.389. The molecule has 0 fully saturated rings. The maximum atomic E-state index is 12.7. The Morgan fingerprint density at radius 2 is 2.00 bits per heavy atom. The van der Waals surface area contributed by atoms with Gasteiger partial charge in [-0.3, -0.25) is 9.36 Å². The molecule has 28 heavy (non-hydrogen) atoms. The highest BCUT2D eigenvalue weighted by molar-refractivity contribution is 7.99. The molecule has 6 nitrogen and oxygen atoms in total. The first-order valence-electron chi connectivity index (χ1n) is 8.57. The van der Waals surface area contributed by atoms with Crippen molar-refractivity contribution in [2.24, 2.45) is 0 Å². The van der Waals surface area contributed by atoms with Gasteiger partial charge in [-0.2, -0.15) is 13.2 Å². The zero-order valence-electron chi connectivity index (χ0n) is 15.6. The molecule has 3 aromatic rings. The third-order valence-electron chi connectivity index (χ3n) is 4.32. The predicted octanol–water partition coefficient (Wildman–Crippen LogP) is 4.51. The summed E-state index contributed by atoms with van der Waals surface area (Å²) in [4.78, 5) is 12.6. The molecular weight excluding hydrogens is 393 g/mol. The minimum atomic E-state index is -4.34. The Hall–Kier alpha value is -2.49. The standard InChI is InChI=1S/C18H19F3N4O2S/c1-4-24-16(15-6-5-7-27-15)22-23-17(24)28-9-14(26)13-8-11(2)25(12(13)3)10-18(19,20)21/h5-8H,4,9-10H2,1-3H3. The molecule has 150 valence electrons. The van der Waals surface area contributed by atoms with E-state index in [-0.39, 0.29) is 11.5 Å². The van der Waals surface area contributed by atoms with Gasteiger partial charge in [0, 0.05) is 23.5 Å². The number of carbonyl (C=O) groups is 1. The summed E-state index contributed by atoms with van der Waals surface area (Å²) < 4.78 is 46.5. The fourth-order valence-electron chi connectivity index (χ4n) is 2.98. The number of carbonyl (C=O) groups excluding carboxylic acids is 1. The second-order valence-electron chi connectivity index (χ2n) is 6.23. The molecule has 0 aliphatic rings. The molecular formula is C18H19F3N4O2S. The molecule has 3 aromatic heterocycles. The molecule has 0 bridgehead atoms. The summed E-state index contributed by atoms with van der Waals surface area (Å²) in [5.41, 5.74) is 1.01. The van der Waals surface area contributed by atoms with Gasteiger partial charge in [0.05, 0.1) is 12.0 Å². The number of ketones is 1. The highest BCUT2D eigenvalue weighted by atomic mass is 32.2. The molecule has 0 saturated heterocycles. The second kappa shape index (κ2) is 7.86. The lowest BCUT2D eigenvalue weighted by Crippen LogP contribution is -2.19. The van der Waals surface area contributed by atoms with E-state index in [1.54, 1.807) is 19.1 Å². The average Bonchev–Trinajstić information content (AvgIpc) is 3.33. The van der Waals surface area contributed by atoms with Crippen LogP contribution < -0.4 is 0 Å². The Morgan fingerprint density at radius 3 is 2.61 bits per heavy atom. The van der Waals surface area contributed by atoms with Crippen molar-refractivity contribution in [1.29, 1.82) is 0 Å². The maximum Gasteiger partial charge on any atom is 0.406 e. The summed E-state index contributed by atoms with van der Waals surface area (Å²) in [5.74, 6) is 0.929. The molecule has 0 aromatic carbocycles. The van der Waals surface area contributed by atoms with Gasteiger partial charge in [-0.1, -0.05) is 11.8 Å². The third kappa shape index (κ3) is 4.16. The first kappa shape index (κ1) is 20.2. The lowest BCUT2D eigenvalue weighted by atomic mass is 10.2. The van der Waals surface area contributed by atoms with Gasteiger partial charge in [0.2, 0.25) is 0 Å². The number of nitrogens with zero attached hydrogens (tertiary/aromatic N) is 4. The van der Waals surface area contributed by atoms with Crippen LogP contribution in [0.4, 0.5) is 13.2 Å². The summed E-state index contributed by atoms with van der Waals surface area (Å²) >= 11 is 1.20. The van der Waals surface area contributed by atoms with E-state index >= 15 is 0 Å². The molecule has 3 rings (SSSR count). The molecule has 0 aliphatic heterocycles. The van der Waals surface area contributed by atoms with Crippen molar-refractivity contribution >= 4 is 17.5 Å². The SMILES string of the molecule is CCn1c(SCC(=O)c2cc(C)n(CC(F)(F)F)c2C)nnc1-c1ccco1. The van der Waals surface area contributed by atoms with Crippen molar-refractivity contribution in [3.05, 3.63) is 41.4 Å². The number of aromatic nitrogens is 4. The number of hydrogen-bond acceptors (Lipinski definition) is 5. The van der Waals surface area contributed by atoms with Crippen molar-refractivity contribution < 1.29 is 22.4 Å². The van der Waals surface area contributed by atoms with Crippen molar-refractivity contribution in [1.82, 2.24) is 19.3 Å². The van der Waals surface area contributed by atoms with Crippen molar-refractivity contribution in [2.75, 3.05) is 5.75 Å². The molecule has 0 unspecified atom stereocenters. The Kier molecular flexibility index (Phi) is 5.69. The lowest BCUT2D eigenvalue weighted by Gasteiger charge is -2.12. The fourth-order valence-corrected chi connectivity index (χ4v) is 3.87. The van der Waals surface area contributed by atoms with Gasteiger partial charge in [0.25, 0.3) is 0 Å². The lowest BCUT2D eigenvalue weighted by molar-refractivity contribution is -0.141. The van der Waals surface area contributed by atoms with Crippen molar-refractivity contribution in [3.63, 3.8) is 0 Å². The number of aryl methyl sites for hydroxylation is 1. The number of halogens is 3. The number of furan rings is 1. The molecule has 10 heteroatoms. The van der Waals surface area contributed by atoms with E-state index < -0.39 is 12.7 Å². The van der Waals surface area contributed by atoms with Gasteiger partial charge in [-0.05, 0) is 39.0 Å². The van der Waals surface area contributed by atoms with Gasteiger partial charge in [-0.25, -0.2) is 0 Å². The summed E-state index contributed by atoms with van der Waals surface area (Å²) in [6, 6.07) is 5.02. The van der Waals surface area contributed by atoms with Crippen LogP contribution in [0.25, 0.3) is 11.6 Å². The predicted molar refractivity (Wildman–Crippen MR) is 98.4 cm³/mol. The molecule has 0 aliphatic carbocycles. The van der Waals surface area contributed by atoms with E-state index in [4.69, 9.17) is 4.42 Å². The largest absolute Gasteiger partial charge is 0.461 e. The van der Waals surface area contributed by atoms with Gasteiger partial charge in [0.1, 0.15) is 6.54 Å². The van der Waals surface area contributed by atoms with Crippen molar-refractivity contribution in [3.8, 4) is 11.6 Å². The maximum absolute atomic E-state index is 12.7. The monoisotopic (exact) mass is 412 g/mol. The van der Waals surface area contributed by atoms with Gasteiger partial charge < -0.3 is 8.98 Å².